The Morgan fingerprint density at radius 2 is 1.74 bits per heavy atom. The lowest BCUT2D eigenvalue weighted by Crippen LogP contribution is -2.31. The molecule has 0 bridgehead atoms. The van der Waals surface area contributed by atoms with E-state index in [4.69, 9.17) is 19.4 Å². The number of hydrogen-bond donors (Lipinski definition) is 1. The zero-order chi connectivity index (χ0) is 19.0. The van der Waals surface area contributed by atoms with E-state index in [9.17, 15) is 0 Å². The second-order valence-corrected chi connectivity index (χ2v) is 7.69. The van der Waals surface area contributed by atoms with E-state index in [0.717, 1.165) is 48.5 Å². The summed E-state index contributed by atoms with van der Waals surface area (Å²) in [5.74, 6) is 5.02. The summed E-state index contributed by atoms with van der Waals surface area (Å²) in [4.78, 5) is 12.0. The van der Waals surface area contributed by atoms with Crippen molar-refractivity contribution in [2.75, 3.05) is 31.0 Å². The van der Waals surface area contributed by atoms with Crippen molar-refractivity contribution in [3.8, 4) is 11.5 Å². The Kier molecular flexibility index (Phi) is 4.81. The first-order valence-electron chi connectivity index (χ1n) is 9.71. The Balaban J connectivity index is 1.64. The lowest BCUT2D eigenvalue weighted by molar-refractivity contribution is 0.353. The van der Waals surface area contributed by atoms with Crippen LogP contribution in [0.25, 0.3) is 0 Å². The van der Waals surface area contributed by atoms with Crippen molar-refractivity contribution in [1.82, 2.24) is 9.97 Å². The van der Waals surface area contributed by atoms with Crippen molar-refractivity contribution in [2.24, 2.45) is 0 Å². The Bertz CT molecular complexity index is 833. The molecule has 0 unspecified atom stereocenters. The van der Waals surface area contributed by atoms with Crippen LogP contribution in [0.15, 0.2) is 18.2 Å². The van der Waals surface area contributed by atoms with E-state index in [1.807, 2.05) is 0 Å². The molecule has 2 aromatic rings. The average Bonchev–Trinajstić information content (AvgIpc) is 3.51. The number of hydrogen-bond acceptors (Lipinski definition) is 6. The SMILES string of the molecule is COc1cc2c(cc1OC)CN(c1cc(NC(C)C)nc(C3CC3)n1)CC2. The molecule has 2 heterocycles. The van der Waals surface area contributed by atoms with Crippen molar-refractivity contribution < 1.29 is 9.47 Å². The molecule has 6 heteroatoms. The smallest absolute Gasteiger partial charge is 0.161 e. The second kappa shape index (κ2) is 7.25. The van der Waals surface area contributed by atoms with E-state index in [1.165, 1.54) is 24.0 Å². The quantitative estimate of drug-likeness (QED) is 0.838. The maximum atomic E-state index is 5.49. The van der Waals surface area contributed by atoms with Gasteiger partial charge >= 0.3 is 0 Å². The number of anilines is 2. The number of nitrogens with zero attached hydrogens (tertiary/aromatic N) is 3. The van der Waals surface area contributed by atoms with Crippen LogP contribution in [0.4, 0.5) is 11.6 Å². The van der Waals surface area contributed by atoms with Crippen molar-refractivity contribution in [3.05, 3.63) is 35.2 Å². The molecular weight excluding hydrogens is 340 g/mol. The first-order valence-corrected chi connectivity index (χ1v) is 9.71. The molecule has 0 spiro atoms. The molecule has 1 aromatic heterocycles. The summed E-state index contributed by atoms with van der Waals surface area (Å²) in [7, 11) is 3.37. The van der Waals surface area contributed by atoms with Gasteiger partial charge in [-0.25, -0.2) is 9.97 Å². The molecule has 27 heavy (non-hydrogen) atoms. The van der Waals surface area contributed by atoms with Crippen molar-refractivity contribution >= 4 is 11.6 Å². The minimum atomic E-state index is 0.346. The van der Waals surface area contributed by atoms with Gasteiger partial charge in [0.15, 0.2) is 11.5 Å². The maximum Gasteiger partial charge on any atom is 0.161 e. The largest absolute Gasteiger partial charge is 0.493 e. The van der Waals surface area contributed by atoms with Gasteiger partial charge in [-0.1, -0.05) is 0 Å². The number of methoxy groups -OCH3 is 2. The summed E-state index contributed by atoms with van der Waals surface area (Å²) in [6.45, 7) is 6.02. The zero-order valence-electron chi connectivity index (χ0n) is 16.6. The number of fused-ring (bicyclic) bond motifs is 1. The minimum Gasteiger partial charge on any atom is -0.493 e. The standard InChI is InChI=1S/C21H28N4O2/c1-13(2)22-19-11-20(24-21(23-19)14-5-6-14)25-8-7-15-9-17(26-3)18(27-4)10-16(15)12-25/h9-11,13-14H,5-8,12H2,1-4H3,(H,22,23,24). The normalized spacial score (nSPS) is 16.3. The van der Waals surface area contributed by atoms with Crippen LogP contribution in [0.2, 0.25) is 0 Å². The third-order valence-corrected chi connectivity index (χ3v) is 5.15. The molecule has 144 valence electrons. The van der Waals surface area contributed by atoms with Gasteiger partial charge in [0.05, 0.1) is 14.2 Å². The third-order valence-electron chi connectivity index (χ3n) is 5.15. The lowest BCUT2D eigenvalue weighted by Gasteiger charge is -2.31. The van der Waals surface area contributed by atoms with Gasteiger partial charge in [-0.2, -0.15) is 0 Å². The third kappa shape index (κ3) is 3.80. The predicted octanol–water partition coefficient (Wildman–Crippen LogP) is 3.75. The second-order valence-electron chi connectivity index (χ2n) is 7.69. The van der Waals surface area contributed by atoms with E-state index < -0.39 is 0 Å². The maximum absolute atomic E-state index is 5.49. The Morgan fingerprint density at radius 1 is 1.04 bits per heavy atom. The molecule has 1 aliphatic heterocycles. The highest BCUT2D eigenvalue weighted by Gasteiger charge is 2.29. The fourth-order valence-corrected chi connectivity index (χ4v) is 3.59. The summed E-state index contributed by atoms with van der Waals surface area (Å²) in [6, 6.07) is 6.62. The van der Waals surface area contributed by atoms with Gasteiger partial charge in [0, 0.05) is 31.1 Å². The van der Waals surface area contributed by atoms with Gasteiger partial charge in [-0.05, 0) is 56.4 Å². The van der Waals surface area contributed by atoms with Crippen LogP contribution in [-0.4, -0.2) is 36.8 Å². The van der Waals surface area contributed by atoms with Crippen LogP contribution in [0.3, 0.4) is 0 Å². The summed E-state index contributed by atoms with van der Waals surface area (Å²) in [6.07, 6.45) is 3.36. The molecule has 0 saturated heterocycles. The molecular formula is C21H28N4O2. The lowest BCUT2D eigenvalue weighted by atomic mass is 9.99. The van der Waals surface area contributed by atoms with E-state index in [0.29, 0.717) is 12.0 Å². The highest BCUT2D eigenvalue weighted by molar-refractivity contribution is 5.55. The van der Waals surface area contributed by atoms with Crippen LogP contribution in [0.5, 0.6) is 11.5 Å². The van der Waals surface area contributed by atoms with Crippen LogP contribution in [0.1, 0.15) is 49.6 Å². The summed E-state index contributed by atoms with van der Waals surface area (Å²) < 4.78 is 10.9. The monoisotopic (exact) mass is 368 g/mol. The predicted molar refractivity (Wildman–Crippen MR) is 107 cm³/mol. The molecule has 0 atom stereocenters. The van der Waals surface area contributed by atoms with Gasteiger partial charge in [-0.3, -0.25) is 0 Å². The fraction of sp³-hybridized carbons (Fsp3) is 0.524. The van der Waals surface area contributed by atoms with E-state index in [-0.39, 0.29) is 0 Å². The van der Waals surface area contributed by atoms with Crippen LogP contribution >= 0.6 is 0 Å². The molecule has 6 nitrogen and oxygen atoms in total. The van der Waals surface area contributed by atoms with Crippen LogP contribution in [-0.2, 0) is 13.0 Å². The van der Waals surface area contributed by atoms with Gasteiger partial charge in [0.2, 0.25) is 0 Å². The van der Waals surface area contributed by atoms with Crippen molar-refractivity contribution in [2.45, 2.75) is 51.6 Å². The fourth-order valence-electron chi connectivity index (χ4n) is 3.59. The van der Waals surface area contributed by atoms with Crippen molar-refractivity contribution in [1.29, 1.82) is 0 Å². The molecule has 1 saturated carbocycles. The molecule has 4 rings (SSSR count). The molecule has 1 fully saturated rings. The molecule has 1 aromatic carbocycles. The van der Waals surface area contributed by atoms with Gasteiger partial charge in [0.1, 0.15) is 17.5 Å². The minimum absolute atomic E-state index is 0.346. The summed E-state index contributed by atoms with van der Waals surface area (Å²) >= 11 is 0. The van der Waals surface area contributed by atoms with Crippen LogP contribution in [0, 0.1) is 0 Å². The highest BCUT2D eigenvalue weighted by Crippen LogP contribution is 2.40. The molecule has 1 aliphatic carbocycles. The molecule has 2 aliphatic rings. The number of ether oxygens (including phenoxy) is 2. The Hall–Kier alpha value is -2.50. The van der Waals surface area contributed by atoms with Gasteiger partial charge in [0.25, 0.3) is 0 Å². The van der Waals surface area contributed by atoms with Gasteiger partial charge in [-0.15, -0.1) is 0 Å². The van der Waals surface area contributed by atoms with Crippen molar-refractivity contribution in [3.63, 3.8) is 0 Å². The van der Waals surface area contributed by atoms with Crippen LogP contribution < -0.4 is 19.7 Å². The topological polar surface area (TPSA) is 59.5 Å². The van der Waals surface area contributed by atoms with E-state index >= 15 is 0 Å². The summed E-state index contributed by atoms with van der Waals surface area (Å²) in [5, 5.41) is 3.45. The average molecular weight is 368 g/mol. The first kappa shape index (κ1) is 17.9. The number of benzene rings is 1. The zero-order valence-corrected chi connectivity index (χ0v) is 16.6. The highest BCUT2D eigenvalue weighted by atomic mass is 16.5. The van der Waals surface area contributed by atoms with Gasteiger partial charge < -0.3 is 19.7 Å². The number of nitrogens with one attached hydrogen (secondary N) is 1. The summed E-state index contributed by atoms with van der Waals surface area (Å²) in [5.41, 5.74) is 2.59. The first-order chi connectivity index (χ1) is 13.1. The van der Waals surface area contributed by atoms with E-state index in [1.54, 1.807) is 14.2 Å². The molecule has 1 N–H and O–H groups in total. The number of aromatic nitrogens is 2. The van der Waals surface area contributed by atoms with E-state index in [2.05, 4.69) is 42.3 Å². The Morgan fingerprint density at radius 3 is 2.37 bits per heavy atom. The molecule has 0 amide bonds. The molecule has 0 radical (unpaired) electrons. The number of rotatable bonds is 6. The Labute approximate surface area is 160 Å².